The van der Waals surface area contributed by atoms with Crippen LogP contribution in [0.3, 0.4) is 0 Å². The van der Waals surface area contributed by atoms with Crippen LogP contribution in [-0.4, -0.2) is 8.07 Å². The Labute approximate surface area is 278 Å². The Morgan fingerprint density at radius 3 is 1.66 bits per heavy atom. The number of benzene rings is 8. The third kappa shape index (κ3) is 4.13. The molecule has 8 aromatic carbocycles. The largest absolute Gasteiger partial charge is 0.113 e. The summed E-state index contributed by atoms with van der Waals surface area (Å²) in [5.74, 6) is 0. The van der Waals surface area contributed by atoms with Crippen molar-refractivity contribution in [1.29, 1.82) is 0 Å². The topological polar surface area (TPSA) is 0 Å². The van der Waals surface area contributed by atoms with Crippen LogP contribution in [0.4, 0.5) is 0 Å². The van der Waals surface area contributed by atoms with Gasteiger partial charge in [0.2, 0.25) is 0 Å². The van der Waals surface area contributed by atoms with Crippen molar-refractivity contribution in [3.05, 3.63) is 157 Å². The van der Waals surface area contributed by atoms with Gasteiger partial charge in [0.1, 0.15) is 8.07 Å². The van der Waals surface area contributed by atoms with Gasteiger partial charge in [-0.05, 0) is 124 Å². The Bertz CT molecular complexity index is 2560. The molecule has 0 aliphatic carbocycles. The summed E-state index contributed by atoms with van der Waals surface area (Å²) in [5.41, 5.74) is 13.3. The Morgan fingerprint density at radius 2 is 0.915 bits per heavy atom. The molecule has 0 unspecified atom stereocenters. The van der Waals surface area contributed by atoms with Crippen molar-refractivity contribution in [2.24, 2.45) is 0 Å². The summed E-state index contributed by atoms with van der Waals surface area (Å²) in [6, 6.07) is 54.8. The van der Waals surface area contributed by atoms with Gasteiger partial charge in [-0.2, -0.15) is 0 Å². The third-order valence-electron chi connectivity index (χ3n) is 10.7. The van der Waals surface area contributed by atoms with Gasteiger partial charge in [-0.3, -0.25) is 0 Å². The summed E-state index contributed by atoms with van der Waals surface area (Å²) < 4.78 is 0. The van der Waals surface area contributed by atoms with Crippen LogP contribution >= 0.6 is 0 Å². The van der Waals surface area contributed by atoms with Crippen molar-refractivity contribution in [3.63, 3.8) is 0 Å². The minimum absolute atomic E-state index is 1.25. The molecular formula is C46H36Si. The number of fused-ring (bicyclic) bond motifs is 6. The van der Waals surface area contributed by atoms with E-state index in [4.69, 9.17) is 0 Å². The van der Waals surface area contributed by atoms with Crippen LogP contribution in [0.2, 0.25) is 13.1 Å². The van der Waals surface area contributed by atoms with Crippen molar-refractivity contribution in [2.75, 3.05) is 0 Å². The second kappa shape index (κ2) is 10.4. The smallest absolute Gasteiger partial charge is 0.0623 e. The Balaban J connectivity index is 1.49. The van der Waals surface area contributed by atoms with Gasteiger partial charge in [-0.1, -0.05) is 147 Å². The first kappa shape index (κ1) is 28.0. The van der Waals surface area contributed by atoms with E-state index in [2.05, 4.69) is 173 Å². The predicted octanol–water partition coefficient (Wildman–Crippen LogP) is 11.6. The molecule has 0 N–H and O–H groups in total. The minimum Gasteiger partial charge on any atom is -0.0623 e. The van der Waals surface area contributed by atoms with Crippen LogP contribution in [0.5, 0.6) is 0 Å². The van der Waals surface area contributed by atoms with Crippen LogP contribution in [0.15, 0.2) is 146 Å². The molecule has 8 aromatic rings. The first-order valence-electron chi connectivity index (χ1n) is 16.7. The van der Waals surface area contributed by atoms with E-state index < -0.39 is 8.07 Å². The van der Waals surface area contributed by atoms with Crippen LogP contribution in [0.25, 0.3) is 76.8 Å². The lowest BCUT2D eigenvalue weighted by atomic mass is 9.82. The van der Waals surface area contributed by atoms with Gasteiger partial charge >= 0.3 is 0 Å². The third-order valence-corrected chi connectivity index (χ3v) is 14.3. The quantitative estimate of drug-likeness (QED) is 0.137. The van der Waals surface area contributed by atoms with Gasteiger partial charge in [0.25, 0.3) is 0 Å². The highest BCUT2D eigenvalue weighted by Gasteiger charge is 2.38. The molecule has 0 aromatic heterocycles. The predicted molar refractivity (Wildman–Crippen MR) is 207 cm³/mol. The summed E-state index contributed by atoms with van der Waals surface area (Å²) in [5, 5.41) is 10.9. The van der Waals surface area contributed by atoms with E-state index in [1.807, 2.05) is 0 Å². The fourth-order valence-corrected chi connectivity index (χ4v) is 11.4. The molecule has 0 saturated heterocycles. The zero-order valence-electron chi connectivity index (χ0n) is 27.4. The van der Waals surface area contributed by atoms with E-state index in [0.717, 1.165) is 0 Å². The standard InChI is InChI=1S/C46H36Si/c1-29-14-5-8-18-33(29)45-38-25-24-32(36-22-13-17-31-16-7-10-20-35(31)36)26-40(38)46(34-19-9-6-15-30(34)2)42-28-44-39(27-41(42)45)37-21-11-12-23-43(37)47(44,3)4/h5-28H,1-4H3. The fraction of sp³-hybridized carbons (Fsp3) is 0.0870. The van der Waals surface area contributed by atoms with Crippen LogP contribution in [0, 0.1) is 13.8 Å². The average molecular weight is 617 g/mol. The van der Waals surface area contributed by atoms with Crippen LogP contribution in [0.1, 0.15) is 11.1 Å². The maximum atomic E-state index is 2.60. The molecule has 47 heavy (non-hydrogen) atoms. The zero-order chi connectivity index (χ0) is 31.9. The maximum absolute atomic E-state index is 2.60. The van der Waals surface area contributed by atoms with Crippen LogP contribution < -0.4 is 10.4 Å². The van der Waals surface area contributed by atoms with Crippen molar-refractivity contribution in [2.45, 2.75) is 26.9 Å². The summed E-state index contributed by atoms with van der Waals surface area (Å²) in [7, 11) is -1.91. The number of rotatable bonds is 3. The van der Waals surface area contributed by atoms with Gasteiger partial charge in [0.05, 0.1) is 0 Å². The molecule has 1 aliphatic heterocycles. The number of hydrogen-bond acceptors (Lipinski definition) is 0. The highest BCUT2D eigenvalue weighted by atomic mass is 28.3. The van der Waals surface area contributed by atoms with Gasteiger partial charge in [-0.25, -0.2) is 0 Å². The summed E-state index contributed by atoms with van der Waals surface area (Å²) in [6.45, 7) is 9.57. The minimum atomic E-state index is -1.91. The molecule has 9 rings (SSSR count). The van der Waals surface area contributed by atoms with Crippen LogP contribution in [-0.2, 0) is 0 Å². The Kier molecular flexibility index (Phi) is 6.19. The van der Waals surface area contributed by atoms with Crippen molar-refractivity contribution in [1.82, 2.24) is 0 Å². The first-order valence-corrected chi connectivity index (χ1v) is 19.7. The number of aryl methyl sites for hydroxylation is 2. The van der Waals surface area contributed by atoms with Gasteiger partial charge in [-0.15, -0.1) is 0 Å². The monoisotopic (exact) mass is 616 g/mol. The van der Waals surface area contributed by atoms with E-state index in [0.29, 0.717) is 0 Å². The molecule has 0 amide bonds. The molecule has 0 bridgehead atoms. The Morgan fingerprint density at radius 1 is 0.362 bits per heavy atom. The van der Waals surface area contributed by atoms with E-state index in [9.17, 15) is 0 Å². The summed E-state index contributed by atoms with van der Waals surface area (Å²) in [4.78, 5) is 0. The molecule has 0 fully saturated rings. The van der Waals surface area contributed by atoms with Gasteiger partial charge < -0.3 is 0 Å². The molecule has 1 heterocycles. The molecule has 1 aliphatic rings. The number of hydrogen-bond donors (Lipinski definition) is 0. The highest BCUT2D eigenvalue weighted by Crippen LogP contribution is 2.48. The molecule has 0 saturated carbocycles. The normalized spacial score (nSPS) is 13.3. The molecule has 0 spiro atoms. The summed E-state index contributed by atoms with van der Waals surface area (Å²) >= 11 is 0. The lowest BCUT2D eigenvalue weighted by molar-refractivity contribution is 1.47. The van der Waals surface area contributed by atoms with Crippen molar-refractivity contribution in [3.8, 4) is 44.5 Å². The molecular weight excluding hydrogens is 581 g/mol. The van der Waals surface area contributed by atoms with E-state index in [1.165, 1.54) is 88.0 Å². The second-order valence-corrected chi connectivity index (χ2v) is 18.1. The molecule has 224 valence electrons. The lowest BCUT2D eigenvalue weighted by Crippen LogP contribution is -2.49. The second-order valence-electron chi connectivity index (χ2n) is 13.8. The molecule has 0 radical (unpaired) electrons. The van der Waals surface area contributed by atoms with E-state index in [1.54, 1.807) is 10.4 Å². The zero-order valence-corrected chi connectivity index (χ0v) is 28.4. The molecule has 0 nitrogen and oxygen atoms in total. The van der Waals surface area contributed by atoms with E-state index in [-0.39, 0.29) is 0 Å². The van der Waals surface area contributed by atoms with Crippen molar-refractivity contribution < 1.29 is 0 Å². The molecule has 1 heteroatoms. The van der Waals surface area contributed by atoms with Crippen molar-refractivity contribution >= 4 is 50.8 Å². The maximum Gasteiger partial charge on any atom is 0.113 e. The SMILES string of the molecule is Cc1ccccc1-c1c2ccc(-c3cccc4ccccc34)cc2c(-c2ccccc2C)c2cc3c(cc12)-c1ccccc1[Si]3(C)C. The highest BCUT2D eigenvalue weighted by molar-refractivity contribution is 7.04. The van der Waals surface area contributed by atoms with E-state index >= 15 is 0 Å². The van der Waals surface area contributed by atoms with Gasteiger partial charge in [0.15, 0.2) is 0 Å². The molecule has 0 atom stereocenters. The average Bonchev–Trinajstić information content (AvgIpc) is 3.32. The van der Waals surface area contributed by atoms with Gasteiger partial charge in [0, 0.05) is 0 Å². The Hall–Kier alpha value is -5.24. The first-order chi connectivity index (χ1) is 22.9. The lowest BCUT2D eigenvalue weighted by Gasteiger charge is -2.23. The summed E-state index contributed by atoms with van der Waals surface area (Å²) in [6.07, 6.45) is 0. The fourth-order valence-electron chi connectivity index (χ4n) is 8.35.